The molecule has 1 aromatic heterocycles. The molecule has 0 fully saturated rings. The van der Waals surface area contributed by atoms with Crippen LogP contribution in [0, 0.1) is 13.8 Å². The van der Waals surface area contributed by atoms with Crippen LogP contribution in [0.3, 0.4) is 0 Å². The second-order valence-electron chi connectivity index (χ2n) is 4.27. The average Bonchev–Trinajstić information content (AvgIpc) is 2.72. The maximum atomic E-state index is 11.7. The van der Waals surface area contributed by atoms with E-state index in [0.717, 1.165) is 17.1 Å². The smallest absolute Gasteiger partial charge is 0.246 e. The SMILES string of the molecule is CC[C@@H](NC(=O)COCCOC)c1nc(C)c(C)s1. The van der Waals surface area contributed by atoms with E-state index in [1.54, 1.807) is 18.4 Å². The molecule has 6 heteroatoms. The van der Waals surface area contributed by atoms with Crippen LogP contribution in [0.15, 0.2) is 0 Å². The Hall–Kier alpha value is -0.980. The summed E-state index contributed by atoms with van der Waals surface area (Å²) in [5.41, 5.74) is 1.03. The van der Waals surface area contributed by atoms with Gasteiger partial charge in [-0.3, -0.25) is 4.79 Å². The Labute approximate surface area is 118 Å². The molecule has 1 N–H and O–H groups in total. The second kappa shape index (κ2) is 8.24. The molecule has 19 heavy (non-hydrogen) atoms. The number of carbonyl (C=O) groups excluding carboxylic acids is 1. The Kier molecular flexibility index (Phi) is 6.97. The molecule has 1 rings (SSSR count). The number of nitrogens with one attached hydrogen (secondary N) is 1. The molecular formula is C13H22N2O3S. The van der Waals surface area contributed by atoms with Gasteiger partial charge in [0.05, 0.1) is 24.9 Å². The summed E-state index contributed by atoms with van der Waals surface area (Å²) in [7, 11) is 1.60. The van der Waals surface area contributed by atoms with Crippen LogP contribution >= 0.6 is 11.3 Å². The fourth-order valence-electron chi connectivity index (χ4n) is 1.53. The summed E-state index contributed by atoms with van der Waals surface area (Å²) in [4.78, 5) is 17.4. The molecule has 108 valence electrons. The van der Waals surface area contributed by atoms with Crippen LogP contribution in [0.1, 0.15) is 35.0 Å². The van der Waals surface area contributed by atoms with Crippen LogP contribution in [0.5, 0.6) is 0 Å². The Balaban J connectivity index is 2.45. The van der Waals surface area contributed by atoms with Gasteiger partial charge in [-0.2, -0.15) is 0 Å². The van der Waals surface area contributed by atoms with Crippen LogP contribution in [0.25, 0.3) is 0 Å². The molecule has 0 aliphatic heterocycles. The molecule has 1 atom stereocenters. The van der Waals surface area contributed by atoms with E-state index in [1.165, 1.54) is 4.88 Å². The van der Waals surface area contributed by atoms with Gasteiger partial charge >= 0.3 is 0 Å². The van der Waals surface area contributed by atoms with E-state index in [1.807, 2.05) is 20.8 Å². The van der Waals surface area contributed by atoms with Crippen molar-refractivity contribution in [3.8, 4) is 0 Å². The molecule has 0 bridgehead atoms. The number of rotatable bonds is 8. The molecule has 0 saturated carbocycles. The number of methoxy groups -OCH3 is 1. The highest BCUT2D eigenvalue weighted by Gasteiger charge is 2.17. The normalized spacial score (nSPS) is 12.4. The fourth-order valence-corrected chi connectivity index (χ4v) is 2.59. The molecule has 1 aromatic rings. The third kappa shape index (κ3) is 5.26. The van der Waals surface area contributed by atoms with Crippen molar-refractivity contribution in [1.82, 2.24) is 10.3 Å². The number of hydrogen-bond donors (Lipinski definition) is 1. The van der Waals surface area contributed by atoms with Gasteiger partial charge in [0.25, 0.3) is 0 Å². The predicted octanol–water partition coefficient (Wildman–Crippen LogP) is 1.99. The standard InChI is InChI=1S/C13H22N2O3S/c1-5-11(13-14-9(2)10(3)19-13)15-12(16)8-18-7-6-17-4/h11H,5-8H2,1-4H3,(H,15,16)/t11-/m1/s1. The van der Waals surface area contributed by atoms with Gasteiger partial charge in [0.2, 0.25) is 5.91 Å². The molecule has 1 amide bonds. The van der Waals surface area contributed by atoms with E-state index >= 15 is 0 Å². The number of carbonyl (C=O) groups is 1. The minimum atomic E-state index is -0.117. The molecule has 0 unspecified atom stereocenters. The second-order valence-corrected chi connectivity index (χ2v) is 5.50. The first-order chi connectivity index (χ1) is 9.08. The van der Waals surface area contributed by atoms with E-state index in [9.17, 15) is 4.79 Å². The van der Waals surface area contributed by atoms with Gasteiger partial charge in [0.15, 0.2) is 0 Å². The van der Waals surface area contributed by atoms with Gasteiger partial charge in [-0.15, -0.1) is 11.3 Å². The Morgan fingerprint density at radius 1 is 1.42 bits per heavy atom. The van der Waals surface area contributed by atoms with Crippen LogP contribution in [0.4, 0.5) is 0 Å². The summed E-state index contributed by atoms with van der Waals surface area (Å²) in [6.45, 7) is 7.04. The van der Waals surface area contributed by atoms with Crippen LogP contribution in [-0.2, 0) is 14.3 Å². The van der Waals surface area contributed by atoms with Crippen LogP contribution in [-0.4, -0.2) is 37.8 Å². The highest BCUT2D eigenvalue weighted by molar-refractivity contribution is 7.11. The van der Waals surface area contributed by atoms with Crippen LogP contribution in [0.2, 0.25) is 0 Å². The molecular weight excluding hydrogens is 264 g/mol. The number of thiazole rings is 1. The van der Waals surface area contributed by atoms with E-state index in [2.05, 4.69) is 10.3 Å². The highest BCUT2D eigenvalue weighted by Crippen LogP contribution is 2.24. The molecule has 1 heterocycles. The fraction of sp³-hybridized carbons (Fsp3) is 0.692. The number of aryl methyl sites for hydroxylation is 2. The van der Waals surface area contributed by atoms with E-state index < -0.39 is 0 Å². The van der Waals surface area contributed by atoms with Crippen molar-refractivity contribution in [2.75, 3.05) is 26.9 Å². The summed E-state index contributed by atoms with van der Waals surface area (Å²) in [6, 6.07) is -0.0316. The maximum Gasteiger partial charge on any atom is 0.246 e. The lowest BCUT2D eigenvalue weighted by molar-refractivity contribution is -0.126. The number of aromatic nitrogens is 1. The van der Waals surface area contributed by atoms with Gasteiger partial charge < -0.3 is 14.8 Å². The van der Waals surface area contributed by atoms with Crippen molar-refractivity contribution in [3.63, 3.8) is 0 Å². The van der Waals surface area contributed by atoms with Gasteiger partial charge in [-0.05, 0) is 20.3 Å². The van der Waals surface area contributed by atoms with Crippen molar-refractivity contribution in [2.24, 2.45) is 0 Å². The summed E-state index contributed by atoms with van der Waals surface area (Å²) in [5.74, 6) is -0.117. The monoisotopic (exact) mass is 286 g/mol. The number of hydrogen-bond acceptors (Lipinski definition) is 5. The largest absolute Gasteiger partial charge is 0.382 e. The lowest BCUT2D eigenvalue weighted by Crippen LogP contribution is -2.31. The first-order valence-corrected chi connectivity index (χ1v) is 7.20. The van der Waals surface area contributed by atoms with Crippen molar-refractivity contribution >= 4 is 17.2 Å². The van der Waals surface area contributed by atoms with Crippen molar-refractivity contribution < 1.29 is 14.3 Å². The zero-order chi connectivity index (χ0) is 14.3. The summed E-state index contributed by atoms with van der Waals surface area (Å²) < 4.78 is 10.0. The number of ether oxygens (including phenoxy) is 2. The Bertz CT molecular complexity index is 387. The van der Waals surface area contributed by atoms with Gasteiger partial charge in [0.1, 0.15) is 11.6 Å². The molecule has 0 aliphatic carbocycles. The van der Waals surface area contributed by atoms with E-state index in [4.69, 9.17) is 9.47 Å². The average molecular weight is 286 g/mol. The Morgan fingerprint density at radius 2 is 2.16 bits per heavy atom. The molecule has 0 spiro atoms. The first kappa shape index (κ1) is 16.1. The maximum absolute atomic E-state index is 11.7. The zero-order valence-corrected chi connectivity index (χ0v) is 12.8. The van der Waals surface area contributed by atoms with Gasteiger partial charge in [0, 0.05) is 12.0 Å². The highest BCUT2D eigenvalue weighted by atomic mass is 32.1. The third-order valence-corrected chi connectivity index (χ3v) is 3.94. The molecule has 0 saturated heterocycles. The third-order valence-electron chi connectivity index (χ3n) is 2.75. The van der Waals surface area contributed by atoms with Crippen LogP contribution < -0.4 is 5.32 Å². The predicted molar refractivity (Wildman–Crippen MR) is 75.5 cm³/mol. The van der Waals surface area contributed by atoms with Gasteiger partial charge in [-0.1, -0.05) is 6.92 Å². The number of amides is 1. The lowest BCUT2D eigenvalue weighted by Gasteiger charge is -2.14. The molecule has 0 aliphatic rings. The van der Waals surface area contributed by atoms with Crippen molar-refractivity contribution in [3.05, 3.63) is 15.6 Å². The molecule has 0 radical (unpaired) electrons. The van der Waals surface area contributed by atoms with Crippen molar-refractivity contribution in [2.45, 2.75) is 33.2 Å². The number of nitrogens with zero attached hydrogens (tertiary/aromatic N) is 1. The first-order valence-electron chi connectivity index (χ1n) is 6.38. The minimum Gasteiger partial charge on any atom is -0.382 e. The van der Waals surface area contributed by atoms with Crippen molar-refractivity contribution in [1.29, 1.82) is 0 Å². The molecule has 5 nitrogen and oxygen atoms in total. The Morgan fingerprint density at radius 3 is 2.68 bits per heavy atom. The lowest BCUT2D eigenvalue weighted by atomic mass is 10.2. The topological polar surface area (TPSA) is 60.5 Å². The minimum absolute atomic E-state index is 0.0316. The van der Waals surface area contributed by atoms with E-state index in [0.29, 0.717) is 13.2 Å². The quantitative estimate of drug-likeness (QED) is 0.742. The summed E-state index contributed by atoms with van der Waals surface area (Å²) >= 11 is 1.63. The van der Waals surface area contributed by atoms with Gasteiger partial charge in [-0.25, -0.2) is 4.98 Å². The summed E-state index contributed by atoms with van der Waals surface area (Å²) in [6.07, 6.45) is 0.816. The summed E-state index contributed by atoms with van der Waals surface area (Å²) in [5, 5.41) is 3.90. The molecule has 0 aromatic carbocycles. The van der Waals surface area contributed by atoms with E-state index in [-0.39, 0.29) is 18.6 Å². The zero-order valence-electron chi connectivity index (χ0n) is 12.0.